The van der Waals surface area contributed by atoms with Crippen LogP contribution in [0.1, 0.15) is 104 Å². The molecule has 0 aliphatic rings. The summed E-state index contributed by atoms with van der Waals surface area (Å²) in [6.45, 7) is 6.19. The number of hydrogen-bond donors (Lipinski definition) is 1. The van der Waals surface area contributed by atoms with E-state index in [9.17, 15) is 9.59 Å². The molecule has 140 valence electrons. The molecular weight excluding hydrogens is 298 g/mol. The predicted molar refractivity (Wildman–Crippen MR) is 103 cm³/mol. The van der Waals surface area contributed by atoms with Crippen LogP contribution in [-0.4, -0.2) is 17.7 Å². The first-order chi connectivity index (χ1) is 11.6. The van der Waals surface area contributed by atoms with Gasteiger partial charge < -0.3 is 5.32 Å². The molecule has 3 nitrogen and oxygen atoms in total. The third kappa shape index (κ3) is 17.2. The molecule has 1 N–H and O–H groups in total. The van der Waals surface area contributed by atoms with Crippen LogP contribution >= 0.6 is 0 Å². The lowest BCUT2D eigenvalue weighted by atomic mass is 10.1. The molecule has 3 heteroatoms. The van der Waals surface area contributed by atoms with Gasteiger partial charge in [-0.25, -0.2) is 0 Å². The molecule has 0 aromatic heterocycles. The zero-order valence-electron chi connectivity index (χ0n) is 16.2. The molecule has 0 unspecified atom stereocenters. The van der Waals surface area contributed by atoms with Crippen molar-refractivity contribution in [2.75, 3.05) is 0 Å². The number of carbonyl (C=O) groups is 2. The van der Waals surface area contributed by atoms with E-state index in [-0.39, 0.29) is 17.7 Å². The van der Waals surface area contributed by atoms with Crippen molar-refractivity contribution in [3.05, 3.63) is 12.2 Å². The highest BCUT2D eigenvalue weighted by atomic mass is 16.1. The number of hydrogen-bond acceptors (Lipinski definition) is 2. The van der Waals surface area contributed by atoms with Gasteiger partial charge in [0.1, 0.15) is 0 Å². The summed E-state index contributed by atoms with van der Waals surface area (Å²) in [7, 11) is 0. The molecule has 1 amide bonds. The van der Waals surface area contributed by atoms with Crippen LogP contribution in [-0.2, 0) is 9.59 Å². The summed E-state index contributed by atoms with van der Waals surface area (Å²) in [5.74, 6) is 0.386. The Morgan fingerprint density at radius 3 is 2.08 bits per heavy atom. The minimum atomic E-state index is 0.138. The van der Waals surface area contributed by atoms with Gasteiger partial charge in [-0.1, -0.05) is 57.9 Å². The van der Waals surface area contributed by atoms with Crippen molar-refractivity contribution in [1.82, 2.24) is 5.32 Å². The molecule has 24 heavy (non-hydrogen) atoms. The van der Waals surface area contributed by atoms with Crippen molar-refractivity contribution in [2.45, 2.75) is 110 Å². The summed E-state index contributed by atoms with van der Waals surface area (Å²) in [6.07, 6.45) is 17.8. The molecule has 0 aromatic carbocycles. The maximum Gasteiger partial charge on any atom is 0.220 e. The van der Waals surface area contributed by atoms with E-state index in [0.29, 0.717) is 12.8 Å². The Bertz CT molecular complexity index is 348. The number of ketones is 1. The van der Waals surface area contributed by atoms with Gasteiger partial charge in [-0.15, -0.1) is 0 Å². The van der Waals surface area contributed by atoms with E-state index >= 15 is 0 Å². The molecule has 0 heterocycles. The average molecular weight is 338 g/mol. The molecule has 0 rings (SSSR count). The molecule has 0 bridgehead atoms. The zero-order valence-corrected chi connectivity index (χ0v) is 16.2. The lowest BCUT2D eigenvalue weighted by Crippen LogP contribution is -2.29. The van der Waals surface area contributed by atoms with Crippen LogP contribution in [0, 0.1) is 0 Å². The third-order valence-corrected chi connectivity index (χ3v) is 4.05. The Morgan fingerprint density at radius 2 is 1.42 bits per heavy atom. The summed E-state index contributed by atoms with van der Waals surface area (Å²) in [5.41, 5.74) is 0. The van der Waals surface area contributed by atoms with Crippen molar-refractivity contribution in [3.8, 4) is 0 Å². The average Bonchev–Trinajstić information content (AvgIpc) is 2.52. The minimum absolute atomic E-state index is 0.138. The Morgan fingerprint density at radius 1 is 0.833 bits per heavy atom. The molecule has 0 atom stereocenters. The van der Waals surface area contributed by atoms with Gasteiger partial charge in [0.15, 0.2) is 5.78 Å². The SMILES string of the molecule is CCCCCCCC/C=C/C(=O)CCCCCCC(=O)NC(C)C. The lowest BCUT2D eigenvalue weighted by Gasteiger charge is -2.07. The molecule has 0 aliphatic carbocycles. The predicted octanol–water partition coefficient (Wildman–Crippen LogP) is 5.73. The van der Waals surface area contributed by atoms with Crippen molar-refractivity contribution in [2.24, 2.45) is 0 Å². The maximum atomic E-state index is 11.7. The fourth-order valence-corrected chi connectivity index (χ4v) is 2.67. The van der Waals surface area contributed by atoms with Gasteiger partial charge in [0.05, 0.1) is 0 Å². The van der Waals surface area contributed by atoms with Gasteiger partial charge in [0, 0.05) is 18.9 Å². The summed E-state index contributed by atoms with van der Waals surface area (Å²) >= 11 is 0. The Hall–Kier alpha value is -1.12. The quantitative estimate of drug-likeness (QED) is 0.289. The number of rotatable bonds is 16. The van der Waals surface area contributed by atoms with Gasteiger partial charge in [0.25, 0.3) is 0 Å². The van der Waals surface area contributed by atoms with Gasteiger partial charge in [0.2, 0.25) is 5.91 Å². The second kappa shape index (κ2) is 16.7. The summed E-state index contributed by atoms with van der Waals surface area (Å²) in [5, 5.41) is 2.90. The van der Waals surface area contributed by atoms with Gasteiger partial charge in [-0.05, 0) is 45.6 Å². The second-order valence-electron chi connectivity index (χ2n) is 7.06. The highest BCUT2D eigenvalue weighted by Crippen LogP contribution is 2.09. The summed E-state index contributed by atoms with van der Waals surface area (Å²) in [4.78, 5) is 23.2. The molecule has 0 spiro atoms. The van der Waals surface area contributed by atoms with Crippen LogP contribution in [0.25, 0.3) is 0 Å². The van der Waals surface area contributed by atoms with E-state index in [1.54, 1.807) is 6.08 Å². The van der Waals surface area contributed by atoms with Crippen LogP contribution < -0.4 is 5.32 Å². The molecule has 0 fully saturated rings. The van der Waals surface area contributed by atoms with Gasteiger partial charge in [-0.3, -0.25) is 9.59 Å². The largest absolute Gasteiger partial charge is 0.354 e. The highest BCUT2D eigenvalue weighted by molar-refractivity contribution is 5.89. The van der Waals surface area contributed by atoms with E-state index in [2.05, 4.69) is 12.2 Å². The molecule has 0 radical (unpaired) electrons. The zero-order chi connectivity index (χ0) is 18.0. The monoisotopic (exact) mass is 337 g/mol. The summed E-state index contributed by atoms with van der Waals surface area (Å²) in [6, 6.07) is 0.221. The highest BCUT2D eigenvalue weighted by Gasteiger charge is 2.03. The molecule has 0 saturated heterocycles. The Kier molecular flexibility index (Phi) is 15.9. The Balaban J connectivity index is 3.40. The van der Waals surface area contributed by atoms with Crippen molar-refractivity contribution in [3.63, 3.8) is 0 Å². The van der Waals surface area contributed by atoms with Crippen molar-refractivity contribution >= 4 is 11.7 Å². The van der Waals surface area contributed by atoms with E-state index in [4.69, 9.17) is 0 Å². The first-order valence-electron chi connectivity index (χ1n) is 10.0. The lowest BCUT2D eigenvalue weighted by molar-refractivity contribution is -0.121. The smallest absolute Gasteiger partial charge is 0.220 e. The van der Waals surface area contributed by atoms with Crippen molar-refractivity contribution < 1.29 is 9.59 Å². The van der Waals surface area contributed by atoms with Crippen LogP contribution in [0.5, 0.6) is 0 Å². The molecule has 0 saturated carbocycles. The number of unbranched alkanes of at least 4 members (excludes halogenated alkanes) is 9. The van der Waals surface area contributed by atoms with E-state index in [1.807, 2.05) is 19.9 Å². The number of amides is 1. The van der Waals surface area contributed by atoms with Crippen LogP contribution in [0.2, 0.25) is 0 Å². The molecular formula is C21H39NO2. The van der Waals surface area contributed by atoms with E-state index in [0.717, 1.165) is 32.1 Å². The number of carbonyl (C=O) groups excluding carboxylic acids is 2. The van der Waals surface area contributed by atoms with Crippen molar-refractivity contribution in [1.29, 1.82) is 0 Å². The fourth-order valence-electron chi connectivity index (χ4n) is 2.67. The van der Waals surface area contributed by atoms with Crippen LogP contribution in [0.3, 0.4) is 0 Å². The molecule has 0 aliphatic heterocycles. The van der Waals surface area contributed by atoms with E-state index in [1.165, 1.54) is 38.5 Å². The minimum Gasteiger partial charge on any atom is -0.354 e. The van der Waals surface area contributed by atoms with Gasteiger partial charge >= 0.3 is 0 Å². The number of nitrogens with one attached hydrogen (secondary N) is 1. The number of allylic oxidation sites excluding steroid dienone is 2. The normalized spacial score (nSPS) is 11.3. The standard InChI is InChI=1S/C21H39NO2/c1-4-5-6-7-8-9-10-13-16-20(23)17-14-11-12-15-18-21(24)22-19(2)3/h13,16,19H,4-12,14-15,17-18H2,1-3H3,(H,22,24)/b16-13+. The second-order valence-corrected chi connectivity index (χ2v) is 7.06. The first-order valence-corrected chi connectivity index (χ1v) is 10.0. The first kappa shape index (κ1) is 22.9. The fraction of sp³-hybridized carbons (Fsp3) is 0.810. The van der Waals surface area contributed by atoms with E-state index < -0.39 is 0 Å². The molecule has 0 aromatic rings. The Labute approximate surface area is 149 Å². The van der Waals surface area contributed by atoms with Crippen LogP contribution in [0.15, 0.2) is 12.2 Å². The maximum absolute atomic E-state index is 11.7. The van der Waals surface area contributed by atoms with Crippen LogP contribution in [0.4, 0.5) is 0 Å². The third-order valence-electron chi connectivity index (χ3n) is 4.05. The topological polar surface area (TPSA) is 46.2 Å². The van der Waals surface area contributed by atoms with Gasteiger partial charge in [-0.2, -0.15) is 0 Å². The summed E-state index contributed by atoms with van der Waals surface area (Å²) < 4.78 is 0.